The Balaban J connectivity index is 3.14. The Morgan fingerprint density at radius 2 is 1.80 bits per heavy atom. The van der Waals surface area contributed by atoms with E-state index in [-0.39, 0.29) is 19.3 Å². The van der Waals surface area contributed by atoms with Gasteiger partial charge in [0, 0.05) is 6.07 Å². The lowest BCUT2D eigenvalue weighted by Gasteiger charge is -2.10. The topological polar surface area (TPSA) is 78.6 Å². The zero-order chi connectivity index (χ0) is 19.0. The summed E-state index contributed by atoms with van der Waals surface area (Å²) in [6.45, 7) is 1.85. The predicted molar refractivity (Wildman–Crippen MR) is 79.6 cm³/mol. The van der Waals surface area contributed by atoms with E-state index in [1.165, 1.54) is 6.92 Å². The van der Waals surface area contributed by atoms with Crippen molar-refractivity contribution in [2.24, 2.45) is 5.73 Å². The number of ketones is 1. The van der Waals surface area contributed by atoms with Crippen LogP contribution in [0.25, 0.3) is 0 Å². The largest absolute Gasteiger partial charge is 0.500 e. The minimum Gasteiger partial charge on any atom is -0.500 e. The molecule has 0 spiro atoms. The van der Waals surface area contributed by atoms with Gasteiger partial charge in [-0.2, -0.15) is 0 Å². The molecule has 0 saturated heterocycles. The first kappa shape index (κ1) is 20.6. The molecule has 0 aliphatic heterocycles. The summed E-state index contributed by atoms with van der Waals surface area (Å²) in [6, 6.07) is 0.0104. The maximum atomic E-state index is 13.8. The Bertz CT molecular complexity index is 677. The summed E-state index contributed by atoms with van der Waals surface area (Å²) in [6.07, 6.45) is 1.62. The van der Waals surface area contributed by atoms with Gasteiger partial charge < -0.3 is 15.2 Å². The molecule has 0 radical (unpaired) electrons. The Kier molecular flexibility index (Phi) is 8.06. The van der Waals surface area contributed by atoms with Crippen LogP contribution >= 0.6 is 0 Å². The minimum atomic E-state index is -2.04. The molecule has 0 bridgehead atoms. The molecule has 5 nitrogen and oxygen atoms in total. The van der Waals surface area contributed by atoms with Crippen LogP contribution in [-0.2, 0) is 14.3 Å². The highest BCUT2D eigenvalue weighted by atomic mass is 19.2. The quantitative estimate of drug-likeness (QED) is 0.0697. The summed E-state index contributed by atoms with van der Waals surface area (Å²) in [5.74, 6) is -10.3. The van der Waals surface area contributed by atoms with Crippen molar-refractivity contribution < 1.29 is 36.6 Å². The van der Waals surface area contributed by atoms with Gasteiger partial charge in [0.05, 0.1) is 18.8 Å². The van der Waals surface area contributed by atoms with Crippen LogP contribution in [0, 0.1) is 23.3 Å². The molecule has 0 saturated carbocycles. The van der Waals surface area contributed by atoms with Crippen LogP contribution < -0.4 is 5.73 Å². The number of Topliss-reactive ketones (excluding diaryl/α,β-unsaturated/α-hetero) is 1. The Hall–Kier alpha value is -2.42. The third kappa shape index (κ3) is 5.28. The standard InChI is InChI=1S/C16H17F4NO4/c1-2-24-8-9(16(23)25-6-4-3-5-21)15(22)12-10(17)7-11(18)13(19)14(12)20/h7-8H,2-6,21H2,1H3/b9-8-. The smallest absolute Gasteiger partial charge is 0.345 e. The summed E-state index contributed by atoms with van der Waals surface area (Å²) in [5, 5.41) is 0. The number of rotatable bonds is 9. The highest BCUT2D eigenvalue weighted by molar-refractivity contribution is 6.24. The van der Waals surface area contributed by atoms with Gasteiger partial charge in [0.25, 0.3) is 0 Å². The fourth-order valence-electron chi connectivity index (χ4n) is 1.76. The number of hydrogen-bond donors (Lipinski definition) is 1. The van der Waals surface area contributed by atoms with Crippen molar-refractivity contribution in [1.29, 1.82) is 0 Å². The highest BCUT2D eigenvalue weighted by Gasteiger charge is 2.30. The molecule has 1 aromatic carbocycles. The third-order valence-corrected chi connectivity index (χ3v) is 3.01. The van der Waals surface area contributed by atoms with Crippen molar-refractivity contribution in [2.45, 2.75) is 19.8 Å². The van der Waals surface area contributed by atoms with Crippen LogP contribution in [0.15, 0.2) is 17.9 Å². The van der Waals surface area contributed by atoms with Gasteiger partial charge >= 0.3 is 5.97 Å². The van der Waals surface area contributed by atoms with E-state index >= 15 is 0 Å². The van der Waals surface area contributed by atoms with Crippen LogP contribution in [0.5, 0.6) is 0 Å². The number of benzene rings is 1. The monoisotopic (exact) mass is 363 g/mol. The van der Waals surface area contributed by atoms with E-state index in [9.17, 15) is 27.2 Å². The van der Waals surface area contributed by atoms with Crippen LogP contribution in [0.2, 0.25) is 0 Å². The molecule has 0 fully saturated rings. The van der Waals surface area contributed by atoms with E-state index in [2.05, 4.69) is 0 Å². The summed E-state index contributed by atoms with van der Waals surface area (Å²) >= 11 is 0. The summed E-state index contributed by atoms with van der Waals surface area (Å²) in [7, 11) is 0. The Labute approximate surface area is 141 Å². The van der Waals surface area contributed by atoms with E-state index in [1.54, 1.807) is 0 Å². The number of halogens is 4. The molecule has 1 rings (SSSR count). The SMILES string of the molecule is CCO/C=C(\C(=O)OCCCCN)C(=O)c1c(F)cc(F)c(F)c1F. The van der Waals surface area contributed by atoms with Crippen LogP contribution in [0.3, 0.4) is 0 Å². The first-order valence-electron chi connectivity index (χ1n) is 7.41. The number of carbonyl (C=O) groups excluding carboxylic acids is 2. The molecule has 0 amide bonds. The molecule has 0 unspecified atom stereocenters. The molecule has 138 valence electrons. The second-order valence-corrected chi connectivity index (χ2v) is 4.79. The zero-order valence-electron chi connectivity index (χ0n) is 13.4. The maximum Gasteiger partial charge on any atom is 0.345 e. The molecule has 25 heavy (non-hydrogen) atoms. The van der Waals surface area contributed by atoms with Crippen LogP contribution in [0.1, 0.15) is 30.1 Å². The van der Waals surface area contributed by atoms with Crippen molar-refractivity contribution >= 4 is 11.8 Å². The van der Waals surface area contributed by atoms with Crippen LogP contribution in [0.4, 0.5) is 17.6 Å². The van der Waals surface area contributed by atoms with Gasteiger partial charge in [-0.25, -0.2) is 22.4 Å². The summed E-state index contributed by atoms with van der Waals surface area (Å²) < 4.78 is 63.4. The van der Waals surface area contributed by atoms with Gasteiger partial charge in [0.15, 0.2) is 17.5 Å². The molecule has 0 aliphatic carbocycles. The minimum absolute atomic E-state index is 0.0104. The lowest BCUT2D eigenvalue weighted by molar-refractivity contribution is -0.138. The average molecular weight is 363 g/mol. The first-order chi connectivity index (χ1) is 11.8. The summed E-state index contributed by atoms with van der Waals surface area (Å²) in [4.78, 5) is 24.2. The van der Waals surface area contributed by atoms with E-state index in [0.717, 1.165) is 0 Å². The van der Waals surface area contributed by atoms with Gasteiger partial charge in [-0.15, -0.1) is 0 Å². The molecule has 2 N–H and O–H groups in total. The molecule has 1 aromatic rings. The van der Waals surface area contributed by atoms with Gasteiger partial charge in [-0.05, 0) is 26.3 Å². The average Bonchev–Trinajstić information content (AvgIpc) is 2.57. The number of hydrogen-bond acceptors (Lipinski definition) is 5. The lowest BCUT2D eigenvalue weighted by Crippen LogP contribution is -2.20. The molecular formula is C16H17F4NO4. The van der Waals surface area contributed by atoms with Gasteiger partial charge in [-0.1, -0.05) is 0 Å². The predicted octanol–water partition coefficient (Wildman–Crippen LogP) is 2.63. The maximum absolute atomic E-state index is 13.8. The van der Waals surface area contributed by atoms with Crippen molar-refractivity contribution in [3.63, 3.8) is 0 Å². The fourth-order valence-corrected chi connectivity index (χ4v) is 1.76. The number of carbonyl (C=O) groups is 2. The van der Waals surface area contributed by atoms with Crippen molar-refractivity contribution in [3.8, 4) is 0 Å². The third-order valence-electron chi connectivity index (χ3n) is 3.01. The molecule has 9 heteroatoms. The van der Waals surface area contributed by atoms with Gasteiger partial charge in [0.2, 0.25) is 5.78 Å². The second kappa shape index (κ2) is 9.77. The zero-order valence-corrected chi connectivity index (χ0v) is 13.4. The van der Waals surface area contributed by atoms with E-state index in [4.69, 9.17) is 15.2 Å². The fraction of sp³-hybridized carbons (Fsp3) is 0.375. The number of ether oxygens (including phenoxy) is 2. The van der Waals surface area contributed by atoms with Crippen molar-refractivity contribution in [2.75, 3.05) is 19.8 Å². The van der Waals surface area contributed by atoms with Crippen molar-refractivity contribution in [1.82, 2.24) is 0 Å². The normalized spacial score (nSPS) is 11.4. The highest BCUT2D eigenvalue weighted by Crippen LogP contribution is 2.22. The second-order valence-electron chi connectivity index (χ2n) is 4.79. The molecule has 0 heterocycles. The Morgan fingerprint density at radius 3 is 2.40 bits per heavy atom. The van der Waals surface area contributed by atoms with E-state index < -0.39 is 46.2 Å². The number of unbranched alkanes of at least 4 members (excludes halogenated alkanes) is 1. The molecule has 0 aromatic heterocycles. The van der Waals surface area contributed by atoms with Gasteiger partial charge in [-0.3, -0.25) is 4.79 Å². The molecule has 0 atom stereocenters. The first-order valence-corrected chi connectivity index (χ1v) is 7.41. The molecular weight excluding hydrogens is 346 g/mol. The van der Waals surface area contributed by atoms with Crippen molar-refractivity contribution in [3.05, 3.63) is 46.7 Å². The Morgan fingerprint density at radius 1 is 1.12 bits per heavy atom. The summed E-state index contributed by atoms with van der Waals surface area (Å²) in [5.41, 5.74) is 3.02. The van der Waals surface area contributed by atoms with Gasteiger partial charge in [0.1, 0.15) is 17.7 Å². The number of esters is 1. The van der Waals surface area contributed by atoms with Crippen LogP contribution in [-0.4, -0.2) is 31.5 Å². The number of nitrogens with two attached hydrogens (primary N) is 1. The lowest BCUT2D eigenvalue weighted by atomic mass is 10.0. The van der Waals surface area contributed by atoms with E-state index in [0.29, 0.717) is 25.6 Å². The van der Waals surface area contributed by atoms with E-state index in [1.807, 2.05) is 0 Å². The molecule has 0 aliphatic rings.